The first-order valence-electron chi connectivity index (χ1n) is 6.13. The largest absolute Gasteiger partial charge is 0.0616 e. The highest BCUT2D eigenvalue weighted by Crippen LogP contribution is 2.29. The molecule has 0 N–H and O–H groups in total. The van der Waals surface area contributed by atoms with Crippen LogP contribution in [0.3, 0.4) is 0 Å². The smallest absolute Gasteiger partial charge is 0.00990 e. The molecular formula is C18H11. The van der Waals surface area contributed by atoms with E-state index in [2.05, 4.69) is 66.7 Å². The first kappa shape index (κ1) is 9.67. The fraction of sp³-hybridized carbons (Fsp3) is 0. The number of rotatable bonds is 0. The van der Waals surface area contributed by atoms with Crippen LogP contribution in [0, 0.1) is 6.07 Å². The number of fused-ring (bicyclic) bond motifs is 4. The lowest BCUT2D eigenvalue weighted by molar-refractivity contribution is 1.76. The van der Waals surface area contributed by atoms with Gasteiger partial charge in [0.1, 0.15) is 0 Å². The molecule has 0 aliphatic rings. The summed E-state index contributed by atoms with van der Waals surface area (Å²) in [6.45, 7) is 0. The minimum Gasteiger partial charge on any atom is -0.0616 e. The molecule has 0 fully saturated rings. The molecule has 18 heavy (non-hydrogen) atoms. The van der Waals surface area contributed by atoms with E-state index in [-0.39, 0.29) is 0 Å². The second-order valence-corrected chi connectivity index (χ2v) is 4.63. The van der Waals surface area contributed by atoms with Crippen molar-refractivity contribution >= 4 is 32.3 Å². The molecule has 0 saturated carbocycles. The summed E-state index contributed by atoms with van der Waals surface area (Å²) in [5.41, 5.74) is 0. The molecule has 4 rings (SSSR count). The fourth-order valence-corrected chi connectivity index (χ4v) is 2.63. The lowest BCUT2D eigenvalue weighted by Gasteiger charge is -2.06. The van der Waals surface area contributed by atoms with Crippen LogP contribution in [0.5, 0.6) is 0 Å². The lowest BCUT2D eigenvalue weighted by Crippen LogP contribution is -1.79. The number of hydrogen-bond acceptors (Lipinski definition) is 0. The number of benzene rings is 4. The minimum atomic E-state index is 1.25. The van der Waals surface area contributed by atoms with Gasteiger partial charge in [-0.2, -0.15) is 0 Å². The summed E-state index contributed by atoms with van der Waals surface area (Å²) in [6, 6.07) is 26.7. The Morgan fingerprint density at radius 2 is 1.50 bits per heavy atom. The van der Waals surface area contributed by atoms with Crippen LogP contribution in [-0.4, -0.2) is 0 Å². The van der Waals surface area contributed by atoms with E-state index in [0.29, 0.717) is 0 Å². The monoisotopic (exact) mass is 227 g/mol. The van der Waals surface area contributed by atoms with Gasteiger partial charge in [-0.05, 0) is 56.6 Å². The summed E-state index contributed by atoms with van der Waals surface area (Å²) in [6.07, 6.45) is 0. The molecule has 0 unspecified atom stereocenters. The maximum atomic E-state index is 3.15. The molecule has 83 valence electrons. The molecule has 1 radical (unpaired) electrons. The molecule has 0 saturated heterocycles. The van der Waals surface area contributed by atoms with Crippen molar-refractivity contribution in [2.45, 2.75) is 0 Å². The van der Waals surface area contributed by atoms with Gasteiger partial charge >= 0.3 is 0 Å². The third-order valence-corrected chi connectivity index (χ3v) is 3.55. The molecule has 4 aromatic carbocycles. The molecule has 0 bridgehead atoms. The van der Waals surface area contributed by atoms with Crippen molar-refractivity contribution in [3.8, 4) is 0 Å². The second-order valence-electron chi connectivity index (χ2n) is 4.63. The molecule has 0 aliphatic carbocycles. The maximum Gasteiger partial charge on any atom is -0.00990 e. The van der Waals surface area contributed by atoms with Gasteiger partial charge in [-0.1, -0.05) is 48.5 Å². The minimum absolute atomic E-state index is 1.25. The van der Waals surface area contributed by atoms with Crippen molar-refractivity contribution in [3.05, 3.63) is 72.8 Å². The molecule has 0 atom stereocenters. The van der Waals surface area contributed by atoms with E-state index in [1.165, 1.54) is 32.3 Å². The van der Waals surface area contributed by atoms with Crippen molar-refractivity contribution in [2.24, 2.45) is 0 Å². The maximum absolute atomic E-state index is 3.15. The first-order valence-corrected chi connectivity index (χ1v) is 6.13. The Morgan fingerprint density at radius 1 is 0.611 bits per heavy atom. The van der Waals surface area contributed by atoms with E-state index < -0.39 is 0 Å². The van der Waals surface area contributed by atoms with Gasteiger partial charge in [-0.15, -0.1) is 0 Å². The zero-order chi connectivity index (χ0) is 11.9. The third-order valence-electron chi connectivity index (χ3n) is 3.55. The van der Waals surface area contributed by atoms with Crippen LogP contribution in [0.1, 0.15) is 0 Å². The van der Waals surface area contributed by atoms with Crippen molar-refractivity contribution in [1.82, 2.24) is 0 Å². The molecular weight excluding hydrogens is 216 g/mol. The third kappa shape index (κ3) is 1.32. The Balaban J connectivity index is 2.27. The molecule has 0 heteroatoms. The van der Waals surface area contributed by atoms with Crippen LogP contribution in [0.2, 0.25) is 0 Å². The fourth-order valence-electron chi connectivity index (χ4n) is 2.63. The Labute approximate surface area is 105 Å². The van der Waals surface area contributed by atoms with Gasteiger partial charge in [0.15, 0.2) is 0 Å². The van der Waals surface area contributed by atoms with E-state index in [1.54, 1.807) is 0 Å². The highest BCUT2D eigenvalue weighted by Gasteiger charge is 2.01. The summed E-state index contributed by atoms with van der Waals surface area (Å²) in [4.78, 5) is 0. The average Bonchev–Trinajstić information content (AvgIpc) is 2.45. The van der Waals surface area contributed by atoms with Crippen LogP contribution in [0.25, 0.3) is 32.3 Å². The van der Waals surface area contributed by atoms with Crippen molar-refractivity contribution in [1.29, 1.82) is 0 Å². The molecule has 0 nitrogen and oxygen atoms in total. The average molecular weight is 227 g/mol. The van der Waals surface area contributed by atoms with Crippen LogP contribution in [0.4, 0.5) is 0 Å². The molecule has 0 aliphatic heterocycles. The number of hydrogen-bond donors (Lipinski definition) is 0. The lowest BCUT2D eigenvalue weighted by atomic mass is 9.98. The van der Waals surface area contributed by atoms with Crippen LogP contribution < -0.4 is 0 Å². The Kier molecular flexibility index (Phi) is 1.92. The van der Waals surface area contributed by atoms with E-state index in [0.717, 1.165) is 0 Å². The van der Waals surface area contributed by atoms with E-state index >= 15 is 0 Å². The normalized spacial score (nSPS) is 11.3. The summed E-state index contributed by atoms with van der Waals surface area (Å²) in [7, 11) is 0. The first-order chi connectivity index (χ1) is 8.92. The second kappa shape index (κ2) is 3.58. The Bertz CT molecular complexity index is 866. The summed E-state index contributed by atoms with van der Waals surface area (Å²) < 4.78 is 0. The van der Waals surface area contributed by atoms with E-state index in [9.17, 15) is 0 Å². The van der Waals surface area contributed by atoms with Gasteiger partial charge in [-0.25, -0.2) is 0 Å². The van der Waals surface area contributed by atoms with Gasteiger partial charge in [0.2, 0.25) is 0 Å². The molecule has 0 heterocycles. The topological polar surface area (TPSA) is 0 Å². The predicted octanol–water partition coefficient (Wildman–Crippen LogP) is 4.95. The molecule has 0 aromatic heterocycles. The summed E-state index contributed by atoms with van der Waals surface area (Å²) >= 11 is 0. The molecule has 0 spiro atoms. The van der Waals surface area contributed by atoms with Crippen LogP contribution in [-0.2, 0) is 0 Å². The zero-order valence-corrected chi connectivity index (χ0v) is 9.85. The summed E-state index contributed by atoms with van der Waals surface area (Å²) in [5, 5.41) is 7.76. The predicted molar refractivity (Wildman–Crippen MR) is 77.8 cm³/mol. The molecule has 4 aromatic rings. The van der Waals surface area contributed by atoms with Gasteiger partial charge < -0.3 is 0 Å². The highest BCUT2D eigenvalue weighted by atomic mass is 14.1. The van der Waals surface area contributed by atoms with E-state index in [1.807, 2.05) is 6.07 Å². The Morgan fingerprint density at radius 3 is 2.50 bits per heavy atom. The Hall–Kier alpha value is -2.34. The van der Waals surface area contributed by atoms with Crippen molar-refractivity contribution in [2.75, 3.05) is 0 Å². The van der Waals surface area contributed by atoms with Crippen LogP contribution in [0.15, 0.2) is 66.7 Å². The quantitative estimate of drug-likeness (QED) is 0.294. The van der Waals surface area contributed by atoms with Gasteiger partial charge in [0.25, 0.3) is 0 Å². The SMILES string of the molecule is [c]1ccc2cc3ccc4ccccc4c3cc2c1. The van der Waals surface area contributed by atoms with Crippen LogP contribution >= 0.6 is 0 Å². The van der Waals surface area contributed by atoms with Gasteiger partial charge in [-0.3, -0.25) is 0 Å². The summed E-state index contributed by atoms with van der Waals surface area (Å²) in [5.74, 6) is 0. The molecule has 0 amide bonds. The van der Waals surface area contributed by atoms with Crippen molar-refractivity contribution < 1.29 is 0 Å². The van der Waals surface area contributed by atoms with Gasteiger partial charge in [0.05, 0.1) is 0 Å². The zero-order valence-electron chi connectivity index (χ0n) is 9.85. The van der Waals surface area contributed by atoms with Crippen molar-refractivity contribution in [3.63, 3.8) is 0 Å². The standard InChI is InChI=1S/C18H11/c1-2-7-15-12-18-16(11-14(15)6-1)10-9-13-5-3-4-8-17(13)18/h1,3-12H. The van der Waals surface area contributed by atoms with Gasteiger partial charge in [0, 0.05) is 0 Å². The van der Waals surface area contributed by atoms with E-state index in [4.69, 9.17) is 0 Å². The highest BCUT2D eigenvalue weighted by molar-refractivity contribution is 6.11.